The number of para-hydroxylation sites is 1. The number of carbonyl (C=O) groups excluding carboxylic acids is 1. The van der Waals surface area contributed by atoms with Crippen LogP contribution < -0.4 is 10.1 Å². The van der Waals surface area contributed by atoms with Gasteiger partial charge in [-0.15, -0.1) is 0 Å². The van der Waals surface area contributed by atoms with E-state index < -0.39 is 0 Å². The summed E-state index contributed by atoms with van der Waals surface area (Å²) in [6.45, 7) is 4.36. The molecule has 1 amide bonds. The number of ether oxygens (including phenoxy) is 1. The summed E-state index contributed by atoms with van der Waals surface area (Å²) >= 11 is 1.31. The van der Waals surface area contributed by atoms with Gasteiger partial charge in [-0.3, -0.25) is 4.79 Å². The lowest BCUT2D eigenvalue weighted by atomic mass is 10.1. The zero-order chi connectivity index (χ0) is 20.2. The number of amides is 1. The number of thioether (sulfide) groups is 1. The van der Waals surface area contributed by atoms with E-state index in [1.54, 1.807) is 18.5 Å². The fourth-order valence-electron chi connectivity index (χ4n) is 3.24. The third-order valence-electron chi connectivity index (χ3n) is 4.45. The van der Waals surface area contributed by atoms with E-state index in [-0.39, 0.29) is 17.8 Å². The second kappa shape index (κ2) is 8.57. The molecule has 0 saturated carbocycles. The van der Waals surface area contributed by atoms with Gasteiger partial charge in [-0.1, -0.05) is 23.9 Å². The van der Waals surface area contributed by atoms with Crippen LogP contribution in [0.5, 0.6) is 5.75 Å². The van der Waals surface area contributed by atoms with Gasteiger partial charge in [0.25, 0.3) is 0 Å². The second-order valence-corrected chi connectivity index (χ2v) is 7.78. The number of benzene rings is 1. The Hall–Kier alpha value is -3.00. The van der Waals surface area contributed by atoms with Gasteiger partial charge in [0.15, 0.2) is 11.0 Å². The number of aromatic nitrogens is 4. The quantitative estimate of drug-likeness (QED) is 0.496. The molecule has 1 aliphatic rings. The SMILES string of the molecule is Cc1cc(C)nc(-c2cccc3c2O[C@H](CNC(=O)CSc2ncccn2)C3)n1. The highest BCUT2D eigenvalue weighted by molar-refractivity contribution is 7.99. The minimum absolute atomic E-state index is 0.0696. The van der Waals surface area contributed by atoms with Gasteiger partial charge in [-0.25, -0.2) is 19.9 Å². The normalized spacial score (nSPS) is 14.9. The van der Waals surface area contributed by atoms with Crippen LogP contribution in [0.4, 0.5) is 0 Å². The Morgan fingerprint density at radius 1 is 1.17 bits per heavy atom. The third kappa shape index (κ3) is 4.71. The molecule has 29 heavy (non-hydrogen) atoms. The number of aryl methyl sites for hydroxylation is 2. The molecule has 7 nitrogen and oxygen atoms in total. The van der Waals surface area contributed by atoms with E-state index in [2.05, 4.69) is 25.3 Å². The molecule has 0 radical (unpaired) electrons. The molecule has 0 spiro atoms. The number of nitrogens with one attached hydrogen (secondary N) is 1. The second-order valence-electron chi connectivity index (χ2n) is 6.84. The molecule has 0 unspecified atom stereocenters. The van der Waals surface area contributed by atoms with Gasteiger partial charge in [0, 0.05) is 30.2 Å². The van der Waals surface area contributed by atoms with Crippen molar-refractivity contribution in [3.63, 3.8) is 0 Å². The summed E-state index contributed by atoms with van der Waals surface area (Å²) in [5, 5.41) is 3.52. The Labute approximate surface area is 173 Å². The van der Waals surface area contributed by atoms with Gasteiger partial charge in [-0.05, 0) is 37.6 Å². The highest BCUT2D eigenvalue weighted by Gasteiger charge is 2.27. The predicted molar refractivity (Wildman–Crippen MR) is 111 cm³/mol. The molecular weight excluding hydrogens is 386 g/mol. The highest BCUT2D eigenvalue weighted by Crippen LogP contribution is 2.37. The van der Waals surface area contributed by atoms with Crippen LogP contribution in [0.1, 0.15) is 17.0 Å². The number of nitrogens with zero attached hydrogens (tertiary/aromatic N) is 4. The topological polar surface area (TPSA) is 89.9 Å². The maximum atomic E-state index is 12.1. The average Bonchev–Trinajstić information content (AvgIpc) is 3.14. The van der Waals surface area contributed by atoms with E-state index in [1.165, 1.54) is 11.8 Å². The maximum Gasteiger partial charge on any atom is 0.230 e. The van der Waals surface area contributed by atoms with E-state index in [4.69, 9.17) is 4.74 Å². The lowest BCUT2D eigenvalue weighted by Gasteiger charge is -2.13. The molecule has 1 aliphatic heterocycles. The third-order valence-corrected chi connectivity index (χ3v) is 5.33. The molecule has 0 bridgehead atoms. The van der Waals surface area contributed by atoms with Crippen molar-refractivity contribution in [1.29, 1.82) is 0 Å². The van der Waals surface area contributed by atoms with Crippen molar-refractivity contribution >= 4 is 17.7 Å². The van der Waals surface area contributed by atoms with E-state index in [0.29, 0.717) is 17.5 Å². The van der Waals surface area contributed by atoms with Gasteiger partial charge in [0.1, 0.15) is 11.9 Å². The number of hydrogen-bond acceptors (Lipinski definition) is 7. The molecule has 1 aromatic carbocycles. The molecule has 8 heteroatoms. The molecule has 2 aromatic heterocycles. The Bertz CT molecular complexity index is 1010. The van der Waals surface area contributed by atoms with E-state index >= 15 is 0 Å². The Kier molecular flexibility index (Phi) is 5.71. The molecule has 148 valence electrons. The van der Waals surface area contributed by atoms with Crippen LogP contribution in [0, 0.1) is 13.8 Å². The molecular formula is C21H21N5O2S. The van der Waals surface area contributed by atoms with Crippen LogP contribution >= 0.6 is 11.8 Å². The largest absolute Gasteiger partial charge is 0.487 e. The minimum Gasteiger partial charge on any atom is -0.487 e. The molecule has 1 N–H and O–H groups in total. The Morgan fingerprint density at radius 3 is 2.69 bits per heavy atom. The van der Waals surface area contributed by atoms with Crippen LogP contribution in [0.3, 0.4) is 0 Å². The van der Waals surface area contributed by atoms with Crippen LogP contribution in [-0.2, 0) is 11.2 Å². The minimum atomic E-state index is -0.112. The van der Waals surface area contributed by atoms with Crippen molar-refractivity contribution in [2.45, 2.75) is 31.5 Å². The molecule has 0 fully saturated rings. The Balaban J connectivity index is 1.37. The van der Waals surface area contributed by atoms with E-state index in [1.807, 2.05) is 38.1 Å². The number of rotatable bonds is 6. The number of hydrogen-bond donors (Lipinski definition) is 1. The standard InChI is InChI=1S/C21H21N5O2S/c1-13-9-14(2)26-20(25-13)17-6-3-5-15-10-16(28-19(15)17)11-24-18(27)12-29-21-22-7-4-8-23-21/h3-9,16H,10-12H2,1-2H3,(H,24,27)/t16-/m0/s1. The fourth-order valence-corrected chi connectivity index (χ4v) is 3.88. The van der Waals surface area contributed by atoms with Gasteiger partial charge >= 0.3 is 0 Å². The molecule has 1 atom stereocenters. The summed E-state index contributed by atoms with van der Waals surface area (Å²) in [7, 11) is 0. The van der Waals surface area contributed by atoms with Gasteiger partial charge in [0.2, 0.25) is 5.91 Å². The van der Waals surface area contributed by atoms with Crippen LogP contribution in [0.2, 0.25) is 0 Å². The van der Waals surface area contributed by atoms with Crippen molar-refractivity contribution in [3.8, 4) is 17.1 Å². The highest BCUT2D eigenvalue weighted by atomic mass is 32.2. The maximum absolute atomic E-state index is 12.1. The number of fused-ring (bicyclic) bond motifs is 1. The van der Waals surface area contributed by atoms with Crippen LogP contribution in [0.15, 0.2) is 47.9 Å². The van der Waals surface area contributed by atoms with Crippen molar-refractivity contribution in [2.24, 2.45) is 0 Å². The molecule has 4 rings (SSSR count). The van der Waals surface area contributed by atoms with E-state index in [9.17, 15) is 4.79 Å². The van der Waals surface area contributed by atoms with Crippen molar-refractivity contribution < 1.29 is 9.53 Å². The summed E-state index contributed by atoms with van der Waals surface area (Å²) < 4.78 is 6.16. The fraction of sp³-hybridized carbons (Fsp3) is 0.286. The lowest BCUT2D eigenvalue weighted by molar-refractivity contribution is -0.118. The summed E-state index contributed by atoms with van der Waals surface area (Å²) in [6, 6.07) is 9.72. The lowest BCUT2D eigenvalue weighted by Crippen LogP contribution is -2.35. The molecule has 0 aliphatic carbocycles. The van der Waals surface area contributed by atoms with Gasteiger partial charge in [0.05, 0.1) is 17.9 Å². The van der Waals surface area contributed by atoms with Crippen molar-refractivity contribution in [3.05, 3.63) is 59.7 Å². The van der Waals surface area contributed by atoms with Gasteiger partial charge < -0.3 is 10.1 Å². The zero-order valence-electron chi connectivity index (χ0n) is 16.3. The van der Waals surface area contributed by atoms with Crippen molar-refractivity contribution in [1.82, 2.24) is 25.3 Å². The van der Waals surface area contributed by atoms with Crippen molar-refractivity contribution in [2.75, 3.05) is 12.3 Å². The average molecular weight is 407 g/mol. The van der Waals surface area contributed by atoms with Crippen LogP contribution in [0.25, 0.3) is 11.4 Å². The summed E-state index contributed by atoms with van der Waals surface area (Å²) in [5.74, 6) is 1.68. The smallest absolute Gasteiger partial charge is 0.230 e. The summed E-state index contributed by atoms with van der Waals surface area (Å²) in [6.07, 6.45) is 3.95. The predicted octanol–water partition coefficient (Wildman–Crippen LogP) is 2.76. The molecule has 3 aromatic rings. The first-order valence-corrected chi connectivity index (χ1v) is 10.3. The Morgan fingerprint density at radius 2 is 1.93 bits per heavy atom. The summed E-state index contributed by atoms with van der Waals surface area (Å²) in [4.78, 5) is 29.5. The van der Waals surface area contributed by atoms with Gasteiger partial charge in [-0.2, -0.15) is 0 Å². The first kappa shape index (κ1) is 19.3. The monoisotopic (exact) mass is 407 g/mol. The zero-order valence-corrected chi connectivity index (χ0v) is 17.1. The first-order valence-electron chi connectivity index (χ1n) is 9.36. The number of carbonyl (C=O) groups is 1. The molecule has 3 heterocycles. The van der Waals surface area contributed by atoms with Crippen LogP contribution in [-0.4, -0.2) is 44.2 Å². The molecule has 0 saturated heterocycles. The first-order chi connectivity index (χ1) is 14.1. The summed E-state index contributed by atoms with van der Waals surface area (Å²) in [5.41, 5.74) is 3.84. The van der Waals surface area contributed by atoms with E-state index in [0.717, 1.165) is 34.7 Å².